The smallest absolute Gasteiger partial charge is 0.387 e. The summed E-state index contributed by atoms with van der Waals surface area (Å²) in [7, 11) is -17.1. The van der Waals surface area contributed by atoms with Gasteiger partial charge >= 0.3 is 35.2 Å². The Morgan fingerprint density at radius 2 is 1.62 bits per heavy atom. The molecular formula is C28H43N6O18P3S. The minimum atomic E-state index is -5.83. The van der Waals surface area contributed by atoms with E-state index in [4.69, 9.17) is 14.5 Å². The number of phosphoric acid groups is 3. The Labute approximate surface area is 322 Å². The number of aliphatic hydroxyl groups excluding tert-OH is 2. The van der Waals surface area contributed by atoms with Crippen molar-refractivity contribution in [3.05, 3.63) is 32.6 Å². The molecule has 0 saturated carbocycles. The summed E-state index contributed by atoms with van der Waals surface area (Å²) in [5.41, 5.74) is -2.37. The summed E-state index contributed by atoms with van der Waals surface area (Å²) >= 11 is 1.84. The van der Waals surface area contributed by atoms with Crippen molar-refractivity contribution < 1.29 is 75.7 Å². The average molecular weight is 877 g/mol. The first kappa shape index (κ1) is 45.8. The van der Waals surface area contributed by atoms with Gasteiger partial charge < -0.3 is 55.8 Å². The van der Waals surface area contributed by atoms with Gasteiger partial charge in [-0.1, -0.05) is 24.7 Å². The number of hydrogen-bond acceptors (Lipinski definition) is 15. The molecule has 4 rings (SSSR count). The molecule has 0 radical (unpaired) electrons. The normalized spacial score (nSPS) is 26.5. The van der Waals surface area contributed by atoms with Crippen LogP contribution in [0.5, 0.6) is 0 Å². The summed E-state index contributed by atoms with van der Waals surface area (Å²) in [6.07, 6.45) is -1.29. The Hall–Kier alpha value is -2.91. The Balaban J connectivity index is 1.13. The molecule has 314 valence electrons. The summed E-state index contributed by atoms with van der Waals surface area (Å²) in [6.45, 7) is -0.833. The molecular weight excluding hydrogens is 833 g/mol. The van der Waals surface area contributed by atoms with Crippen LogP contribution in [0.25, 0.3) is 0 Å². The van der Waals surface area contributed by atoms with Crippen LogP contribution in [0.15, 0.2) is 15.8 Å². The van der Waals surface area contributed by atoms with Gasteiger partial charge in [0.25, 0.3) is 5.56 Å². The van der Waals surface area contributed by atoms with Gasteiger partial charge in [0.1, 0.15) is 23.9 Å². The summed E-state index contributed by atoms with van der Waals surface area (Å²) in [4.78, 5) is 98.7. The van der Waals surface area contributed by atoms with Crippen LogP contribution in [0.1, 0.15) is 63.2 Å². The quantitative estimate of drug-likeness (QED) is 0.0303. The van der Waals surface area contributed by atoms with E-state index >= 15 is 0 Å². The highest BCUT2D eigenvalue weighted by Crippen LogP contribution is 2.66. The van der Waals surface area contributed by atoms with E-state index in [2.05, 4.69) is 46.3 Å². The SMILES string of the molecule is O=C(CCCCCNC(=O)CCCC[C@@H]1SC[C@@H]2NC(=O)N[C@@H]21)NCC#Cc1cn([C@@H]2O[C@H](COP(=O)(O)OP(=O)(O)OP(=O)(O)O)[C@@H](O)[C@H]2O)c(=O)[nH]c1=O. The van der Waals surface area contributed by atoms with Crippen molar-refractivity contribution in [2.45, 2.75) is 93.2 Å². The lowest BCUT2D eigenvalue weighted by molar-refractivity contribution is -0.122. The number of amides is 4. The molecule has 1 aromatic heterocycles. The first-order valence-corrected chi connectivity index (χ1v) is 22.7. The second-order valence-electron chi connectivity index (χ2n) is 12.7. The molecule has 4 amide bonds. The Bertz CT molecular complexity index is 1920. The van der Waals surface area contributed by atoms with Gasteiger partial charge in [0.2, 0.25) is 11.8 Å². The Kier molecular flexibility index (Phi) is 16.5. The summed E-state index contributed by atoms with van der Waals surface area (Å²) < 4.78 is 51.8. The van der Waals surface area contributed by atoms with Crippen LogP contribution < -0.4 is 32.5 Å². The molecule has 3 aliphatic heterocycles. The van der Waals surface area contributed by atoms with Gasteiger partial charge in [-0.25, -0.2) is 23.3 Å². The van der Waals surface area contributed by atoms with Crippen molar-refractivity contribution in [1.29, 1.82) is 0 Å². The van der Waals surface area contributed by atoms with E-state index in [0.717, 1.165) is 31.2 Å². The van der Waals surface area contributed by atoms with Crippen molar-refractivity contribution in [3.63, 3.8) is 0 Å². The number of carbonyl (C=O) groups is 3. The van der Waals surface area contributed by atoms with Crippen LogP contribution >= 0.6 is 35.2 Å². The van der Waals surface area contributed by atoms with Gasteiger partial charge in [-0.15, -0.1) is 0 Å². The van der Waals surface area contributed by atoms with Crippen molar-refractivity contribution in [1.82, 2.24) is 30.8 Å². The van der Waals surface area contributed by atoms with Crippen LogP contribution in [-0.4, -0.2) is 118 Å². The lowest BCUT2D eigenvalue weighted by Gasteiger charge is -2.19. The number of aromatic amines is 1. The molecule has 3 fully saturated rings. The van der Waals surface area contributed by atoms with Crippen molar-refractivity contribution in [3.8, 4) is 11.8 Å². The number of aromatic nitrogens is 2. The number of phosphoric ester groups is 1. The largest absolute Gasteiger partial charge is 0.490 e. The van der Waals surface area contributed by atoms with E-state index in [-0.39, 0.29) is 48.5 Å². The molecule has 0 spiro atoms. The number of hydrogen-bond donors (Lipinski definition) is 11. The topological polar surface area (TPSA) is 364 Å². The van der Waals surface area contributed by atoms with Gasteiger partial charge in [-0.2, -0.15) is 20.4 Å². The minimum Gasteiger partial charge on any atom is -0.387 e. The van der Waals surface area contributed by atoms with Crippen LogP contribution in [0, 0.1) is 11.8 Å². The highest BCUT2D eigenvalue weighted by atomic mass is 32.2. The van der Waals surface area contributed by atoms with Crippen LogP contribution in [0.2, 0.25) is 0 Å². The van der Waals surface area contributed by atoms with Gasteiger partial charge in [0.05, 0.1) is 25.2 Å². The number of carbonyl (C=O) groups excluding carboxylic acids is 3. The maximum Gasteiger partial charge on any atom is 0.490 e. The number of unbranched alkanes of at least 4 members (excludes halogenated alkanes) is 3. The third kappa shape index (κ3) is 14.2. The van der Waals surface area contributed by atoms with Gasteiger partial charge in [-0.3, -0.25) is 28.5 Å². The number of fused-ring (bicyclic) bond motifs is 1. The Morgan fingerprint density at radius 1 is 0.929 bits per heavy atom. The number of H-pyrrole nitrogens is 1. The molecule has 11 N–H and O–H groups in total. The maximum absolute atomic E-state index is 12.5. The average Bonchev–Trinajstić information content (AvgIpc) is 3.73. The van der Waals surface area contributed by atoms with Gasteiger partial charge in [0.15, 0.2) is 6.23 Å². The second-order valence-corrected chi connectivity index (χ2v) is 18.4. The molecule has 0 aliphatic carbocycles. The number of ether oxygens (including phenoxy) is 1. The fourth-order valence-corrected chi connectivity index (χ4v) is 10.5. The standard InChI is InChI=1S/C28H43N6O18P3S/c35-20(9-2-1-5-11-29-21(36)10-4-3-8-19-22-17(15-56-19)31-27(40)32-22)30-12-6-7-16-13-34(28(41)33-25(16)39)26-24(38)23(37)18(50-26)14-49-54(45,46)52-55(47,48)51-53(42,43)44/h13,17-19,22-24,26,37-38H,1-5,8-12,14-15H2,(H,29,36)(H,30,35)(H,45,46)(H,47,48)(H2,31,32,40)(H,33,39,41)(H2,42,43,44)/t17-,18+,19-,22-,23+,24+,26+/m0/s1. The molecule has 2 unspecified atom stereocenters. The molecule has 4 heterocycles. The third-order valence-corrected chi connectivity index (χ3v) is 13.8. The van der Waals surface area contributed by atoms with Crippen LogP contribution in [-0.2, 0) is 41.2 Å². The van der Waals surface area contributed by atoms with Crippen LogP contribution in [0.4, 0.5) is 4.79 Å². The molecule has 0 bridgehead atoms. The Morgan fingerprint density at radius 3 is 2.34 bits per heavy atom. The summed E-state index contributed by atoms with van der Waals surface area (Å²) in [5.74, 6) is 5.55. The van der Waals surface area contributed by atoms with Crippen molar-refractivity contribution >= 4 is 53.1 Å². The lowest BCUT2D eigenvalue weighted by Crippen LogP contribution is -2.38. The van der Waals surface area contributed by atoms with E-state index in [9.17, 15) is 57.7 Å². The molecule has 3 saturated heterocycles. The number of nitrogens with one attached hydrogen (secondary N) is 5. The monoisotopic (exact) mass is 876 g/mol. The molecule has 0 aromatic carbocycles. The first-order chi connectivity index (χ1) is 26.2. The number of nitrogens with zero attached hydrogens (tertiary/aromatic N) is 1. The predicted molar refractivity (Wildman–Crippen MR) is 192 cm³/mol. The van der Waals surface area contributed by atoms with Crippen molar-refractivity contribution in [2.75, 3.05) is 25.4 Å². The molecule has 9 atom stereocenters. The van der Waals surface area contributed by atoms with E-state index < -0.39 is 65.9 Å². The molecule has 1 aromatic rings. The zero-order valence-electron chi connectivity index (χ0n) is 29.4. The molecule has 24 nitrogen and oxygen atoms in total. The van der Waals surface area contributed by atoms with Gasteiger partial charge in [0, 0.05) is 36.6 Å². The van der Waals surface area contributed by atoms with E-state index in [1.807, 2.05) is 16.7 Å². The fraction of sp³-hybridized carbons (Fsp3) is 0.679. The zero-order valence-corrected chi connectivity index (χ0v) is 32.9. The zero-order chi connectivity index (χ0) is 41.3. The second kappa shape index (κ2) is 20.2. The summed E-state index contributed by atoms with van der Waals surface area (Å²) in [5, 5.41) is 32.5. The van der Waals surface area contributed by atoms with E-state index in [1.54, 1.807) is 0 Å². The number of thioether (sulfide) groups is 1. The molecule has 56 heavy (non-hydrogen) atoms. The van der Waals surface area contributed by atoms with Crippen LogP contribution in [0.3, 0.4) is 0 Å². The lowest BCUT2D eigenvalue weighted by atomic mass is 10.0. The van der Waals surface area contributed by atoms with E-state index in [1.165, 1.54) is 0 Å². The first-order valence-electron chi connectivity index (χ1n) is 17.1. The maximum atomic E-state index is 12.5. The molecule has 3 aliphatic rings. The number of rotatable bonds is 20. The highest BCUT2D eigenvalue weighted by Gasteiger charge is 2.47. The highest BCUT2D eigenvalue weighted by molar-refractivity contribution is 8.00. The predicted octanol–water partition coefficient (Wildman–Crippen LogP) is -1.63. The van der Waals surface area contributed by atoms with E-state index in [0.29, 0.717) is 42.0 Å². The number of aliphatic hydroxyl groups is 2. The van der Waals surface area contributed by atoms with Gasteiger partial charge in [-0.05, 0) is 25.7 Å². The minimum absolute atomic E-state index is 0.0373. The van der Waals surface area contributed by atoms with Crippen molar-refractivity contribution in [2.24, 2.45) is 0 Å². The number of urea groups is 1. The third-order valence-electron chi connectivity index (χ3n) is 8.48. The summed E-state index contributed by atoms with van der Waals surface area (Å²) in [6, 6.07) is 0.205. The molecule has 28 heteroatoms. The fourth-order valence-electron chi connectivity index (χ4n) is 5.88.